The van der Waals surface area contributed by atoms with Gasteiger partial charge in [-0.2, -0.15) is 0 Å². The lowest BCUT2D eigenvalue weighted by atomic mass is 9.84. The van der Waals surface area contributed by atoms with Gasteiger partial charge in [-0.3, -0.25) is 0 Å². The fraction of sp³-hybridized carbons (Fsp3) is 0.500. The Balaban J connectivity index is 1.41. The number of fused-ring (bicyclic) bond motifs is 4. The summed E-state index contributed by atoms with van der Waals surface area (Å²) in [6.07, 6.45) is 12.3. The Labute approximate surface area is 320 Å². The molecule has 0 amide bonds. The van der Waals surface area contributed by atoms with E-state index in [1.807, 2.05) is 39.8 Å². The molecule has 54 heavy (non-hydrogen) atoms. The molecule has 286 valence electrons. The van der Waals surface area contributed by atoms with Crippen LogP contribution in [0.3, 0.4) is 0 Å². The third-order valence-corrected chi connectivity index (χ3v) is 12.1. The van der Waals surface area contributed by atoms with Gasteiger partial charge in [0.1, 0.15) is 11.4 Å². The Morgan fingerprint density at radius 3 is 1.24 bits per heavy atom. The van der Waals surface area contributed by atoms with Crippen molar-refractivity contribution in [2.24, 2.45) is 0 Å². The molecule has 10 heteroatoms. The van der Waals surface area contributed by atoms with Gasteiger partial charge in [-0.1, -0.05) is 65.2 Å². The normalized spacial score (nSPS) is 18.3. The molecule has 0 saturated heterocycles. The summed E-state index contributed by atoms with van der Waals surface area (Å²) in [5, 5.41) is 0. The molecule has 0 fully saturated rings. The van der Waals surface area contributed by atoms with Gasteiger partial charge in [-0.05, 0) is 126 Å². The number of hydrogen-bond donors (Lipinski definition) is 0. The Morgan fingerprint density at radius 2 is 0.889 bits per heavy atom. The van der Waals surface area contributed by atoms with Crippen molar-refractivity contribution in [3.05, 3.63) is 79.7 Å². The van der Waals surface area contributed by atoms with Gasteiger partial charge in [0.2, 0.25) is 0 Å². The van der Waals surface area contributed by atoms with E-state index in [1.165, 1.54) is 30.8 Å². The maximum absolute atomic E-state index is 16.6. The van der Waals surface area contributed by atoms with E-state index in [1.54, 1.807) is 27.7 Å². The van der Waals surface area contributed by atoms with E-state index in [0.29, 0.717) is 69.6 Å². The van der Waals surface area contributed by atoms with E-state index in [4.69, 9.17) is 0 Å². The average molecular weight is 739 g/mol. The monoisotopic (exact) mass is 738 g/mol. The molecular formula is C44H56B2F4N4. The van der Waals surface area contributed by atoms with Crippen LogP contribution in [-0.2, 0) is 0 Å². The highest BCUT2D eigenvalue weighted by atomic mass is 19.3. The van der Waals surface area contributed by atoms with Crippen molar-refractivity contribution in [1.82, 2.24) is 8.96 Å². The number of aryl methyl sites for hydroxylation is 4. The molecule has 4 aliphatic heterocycles. The maximum Gasteiger partial charge on any atom is 0.737 e. The van der Waals surface area contributed by atoms with Gasteiger partial charge in [-0.25, -0.2) is 0 Å². The lowest BCUT2D eigenvalue weighted by Crippen LogP contribution is -2.51. The standard InChI is InChI=1S/C44H56B2F4N4/c1-11-13-15-17-19-25-39-41-29(3)27-31(5)51(41)45(47,48)53-35(9)37(33(7)43(39)53)23-21-22-24-38-34(8)44-40(26-20-18-16-14-12-2)42-30(4)28-32(6)52(42)46(49,50)54(44)36(38)10/h27-28H,11-20,25-26H2,1-10H3. The van der Waals surface area contributed by atoms with Crippen LogP contribution in [0.15, 0.2) is 45.8 Å². The molecule has 0 spiro atoms. The number of aromatic nitrogens is 2. The van der Waals surface area contributed by atoms with Gasteiger partial charge in [0.15, 0.2) is 11.4 Å². The van der Waals surface area contributed by atoms with E-state index in [-0.39, 0.29) is 0 Å². The summed E-state index contributed by atoms with van der Waals surface area (Å²) in [6, 6.07) is 3.73. The molecule has 0 saturated carbocycles. The number of halogens is 4. The molecular weight excluding hydrogens is 682 g/mol. The van der Waals surface area contributed by atoms with Crippen LogP contribution in [0.5, 0.6) is 0 Å². The number of unbranched alkanes of at least 4 members (excludes halogenated alkanes) is 8. The van der Waals surface area contributed by atoms with Crippen molar-refractivity contribution in [2.75, 3.05) is 0 Å². The topological polar surface area (TPSA) is 15.9 Å². The Hall–Kier alpha value is -4.17. The van der Waals surface area contributed by atoms with Gasteiger partial charge < -0.3 is 35.2 Å². The van der Waals surface area contributed by atoms with Crippen LogP contribution in [0.25, 0.3) is 11.1 Å². The molecule has 0 N–H and O–H groups in total. The first-order valence-electron chi connectivity index (χ1n) is 20.2. The molecule has 2 aromatic rings. The summed E-state index contributed by atoms with van der Waals surface area (Å²) in [5.41, 5.74) is 10.5. The highest BCUT2D eigenvalue weighted by Crippen LogP contribution is 2.46. The van der Waals surface area contributed by atoms with Gasteiger partial charge in [0, 0.05) is 47.5 Å². The molecule has 6 rings (SSSR count). The van der Waals surface area contributed by atoms with Crippen LogP contribution < -0.4 is 0 Å². The molecule has 4 nitrogen and oxygen atoms in total. The Morgan fingerprint density at radius 1 is 0.537 bits per heavy atom. The van der Waals surface area contributed by atoms with Gasteiger partial charge >= 0.3 is 13.9 Å². The Kier molecular flexibility index (Phi) is 11.1. The first kappa shape index (κ1) is 39.5. The van der Waals surface area contributed by atoms with Gasteiger partial charge in [0.05, 0.1) is 11.1 Å². The molecule has 0 aromatic carbocycles. The highest BCUT2D eigenvalue weighted by Gasteiger charge is 2.57. The first-order valence-corrected chi connectivity index (χ1v) is 20.2. The lowest BCUT2D eigenvalue weighted by Gasteiger charge is -2.34. The van der Waals surface area contributed by atoms with Crippen molar-refractivity contribution in [3.63, 3.8) is 0 Å². The van der Waals surface area contributed by atoms with Crippen molar-refractivity contribution in [1.29, 1.82) is 0 Å². The largest absolute Gasteiger partial charge is 0.737 e. The zero-order valence-electron chi connectivity index (χ0n) is 34.1. The summed E-state index contributed by atoms with van der Waals surface area (Å²) >= 11 is 0. The zero-order chi connectivity index (χ0) is 39.3. The number of rotatable bonds is 12. The second kappa shape index (κ2) is 15.2. The molecule has 0 atom stereocenters. The number of allylic oxidation sites excluding steroid dienone is 6. The minimum absolute atomic E-state index is 0.418. The van der Waals surface area contributed by atoms with E-state index in [0.717, 1.165) is 84.8 Å². The lowest BCUT2D eigenvalue weighted by molar-refractivity contribution is -0.364. The minimum atomic E-state index is -4.14. The average Bonchev–Trinajstić information content (AvgIpc) is 3.76. The number of nitrogens with zero attached hydrogens (tertiary/aromatic N) is 4. The van der Waals surface area contributed by atoms with Gasteiger partial charge in [0.25, 0.3) is 0 Å². The molecule has 0 radical (unpaired) electrons. The smallest absolute Gasteiger partial charge is 0.394 e. The van der Waals surface area contributed by atoms with Crippen molar-refractivity contribution in [3.8, 4) is 23.7 Å². The molecule has 6 heterocycles. The van der Waals surface area contributed by atoms with Crippen molar-refractivity contribution >= 4 is 36.5 Å². The van der Waals surface area contributed by atoms with E-state index in [9.17, 15) is 0 Å². The van der Waals surface area contributed by atoms with Crippen LogP contribution >= 0.6 is 0 Å². The fourth-order valence-corrected chi connectivity index (χ4v) is 9.74. The van der Waals surface area contributed by atoms with Crippen LogP contribution in [0, 0.1) is 51.4 Å². The van der Waals surface area contributed by atoms with Crippen LogP contribution in [0.2, 0.25) is 0 Å². The SMILES string of the molecule is CCCCCCCC1=C2C(C)=C(C#CC#CC3=C(C)C4=C(CCCCCCC)c5c(C)cc(C)n5[B-](F)(F)[N+]4=C3C)C(C)=[N+]2[B-](F)(F)n2c(C)cc(C)c21. The van der Waals surface area contributed by atoms with Crippen LogP contribution in [0.1, 0.15) is 152 Å². The van der Waals surface area contributed by atoms with Crippen LogP contribution in [0.4, 0.5) is 17.3 Å². The van der Waals surface area contributed by atoms with E-state index >= 15 is 17.3 Å². The second-order valence-corrected chi connectivity index (χ2v) is 15.9. The zero-order valence-corrected chi connectivity index (χ0v) is 34.1. The van der Waals surface area contributed by atoms with Gasteiger partial charge in [-0.15, -0.1) is 0 Å². The fourth-order valence-electron chi connectivity index (χ4n) is 9.74. The predicted molar refractivity (Wildman–Crippen MR) is 218 cm³/mol. The van der Waals surface area contributed by atoms with Crippen LogP contribution in [-0.4, -0.2) is 43.3 Å². The van der Waals surface area contributed by atoms with E-state index < -0.39 is 13.9 Å². The third-order valence-electron chi connectivity index (χ3n) is 12.1. The quantitative estimate of drug-likeness (QED) is 0.0892. The summed E-state index contributed by atoms with van der Waals surface area (Å²) in [6.45, 7) is 10.7. The molecule has 2 aromatic heterocycles. The predicted octanol–water partition coefficient (Wildman–Crippen LogP) is 11.5. The second-order valence-electron chi connectivity index (χ2n) is 15.9. The Bertz CT molecular complexity index is 2090. The molecule has 0 aliphatic carbocycles. The summed E-state index contributed by atoms with van der Waals surface area (Å²) in [7, 11) is 0. The minimum Gasteiger partial charge on any atom is -0.394 e. The van der Waals surface area contributed by atoms with Crippen molar-refractivity contribution in [2.45, 2.75) is 146 Å². The third kappa shape index (κ3) is 6.32. The summed E-state index contributed by atoms with van der Waals surface area (Å²) < 4.78 is 71.3. The number of hydrogen-bond acceptors (Lipinski definition) is 0. The van der Waals surface area contributed by atoms with E-state index in [2.05, 4.69) is 37.5 Å². The first-order chi connectivity index (χ1) is 25.6. The maximum atomic E-state index is 16.6. The molecule has 0 bridgehead atoms. The molecule has 4 aliphatic rings. The summed E-state index contributed by atoms with van der Waals surface area (Å²) in [4.78, 5) is 0. The van der Waals surface area contributed by atoms with Crippen molar-refractivity contribution < 1.29 is 26.2 Å². The summed E-state index contributed by atoms with van der Waals surface area (Å²) in [5.74, 6) is 12.2. The molecule has 0 unspecified atom stereocenters. The highest BCUT2D eigenvalue weighted by molar-refractivity contribution is 6.59.